The summed E-state index contributed by atoms with van der Waals surface area (Å²) in [5, 5.41) is 0. The molecule has 1 heterocycles. The molecule has 0 aliphatic carbocycles. The Hall–Kier alpha value is -0.660. The van der Waals surface area contributed by atoms with Gasteiger partial charge in [-0.3, -0.25) is 4.79 Å². The lowest BCUT2D eigenvalue weighted by Crippen LogP contribution is -3.14. The van der Waals surface area contributed by atoms with Crippen LogP contribution in [0.4, 0.5) is 0 Å². The molecule has 1 N–H and O–H groups in total. The molecule has 1 rings (SSSR count). The van der Waals surface area contributed by atoms with Crippen molar-refractivity contribution in [2.24, 2.45) is 0 Å². The van der Waals surface area contributed by atoms with Gasteiger partial charge in [0.15, 0.2) is 6.10 Å². The zero-order chi connectivity index (χ0) is 20.0. The predicted octanol–water partition coefficient (Wildman–Crippen LogP) is 2.43. The SMILES string of the molecule is CCCCCCCCCCCC(=O)OC(C[NH+]1CCCCC1)CS(=O)(=O)[O-]. The van der Waals surface area contributed by atoms with E-state index in [2.05, 4.69) is 6.92 Å². The minimum absolute atomic E-state index is 0.306. The molecule has 1 atom stereocenters. The molecule has 0 saturated carbocycles. The lowest BCUT2D eigenvalue weighted by Gasteiger charge is -2.28. The van der Waals surface area contributed by atoms with Crippen LogP contribution in [0, 0.1) is 0 Å². The highest BCUT2D eigenvalue weighted by Gasteiger charge is 2.24. The van der Waals surface area contributed by atoms with Gasteiger partial charge in [0.05, 0.1) is 29.0 Å². The number of ether oxygens (including phenoxy) is 1. The van der Waals surface area contributed by atoms with Crippen molar-refractivity contribution in [3.63, 3.8) is 0 Å². The van der Waals surface area contributed by atoms with Gasteiger partial charge in [-0.1, -0.05) is 58.3 Å². The molecule has 1 aliphatic rings. The van der Waals surface area contributed by atoms with Crippen LogP contribution in [0.5, 0.6) is 0 Å². The molecule has 0 amide bonds. The number of esters is 1. The van der Waals surface area contributed by atoms with Crippen molar-refractivity contribution in [2.45, 2.75) is 96.5 Å². The molecule has 0 aromatic heterocycles. The first-order valence-corrected chi connectivity index (χ1v) is 12.4. The summed E-state index contributed by atoms with van der Waals surface area (Å²) in [5.74, 6) is -0.983. The van der Waals surface area contributed by atoms with Crippen molar-refractivity contribution in [3.05, 3.63) is 0 Å². The highest BCUT2D eigenvalue weighted by atomic mass is 32.2. The number of hydrogen-bond acceptors (Lipinski definition) is 5. The molecule has 1 saturated heterocycles. The average Bonchev–Trinajstić information content (AvgIpc) is 2.59. The predicted molar refractivity (Wildman–Crippen MR) is 106 cm³/mol. The fourth-order valence-electron chi connectivity index (χ4n) is 3.76. The number of quaternary nitrogens is 1. The number of carbonyl (C=O) groups excluding carboxylic acids is 1. The van der Waals surface area contributed by atoms with E-state index in [0.717, 1.165) is 45.2 Å². The molecule has 7 heteroatoms. The van der Waals surface area contributed by atoms with E-state index < -0.39 is 22.0 Å². The number of piperidine rings is 1. The van der Waals surface area contributed by atoms with Crippen LogP contribution in [0.1, 0.15) is 90.4 Å². The minimum Gasteiger partial charge on any atom is -0.748 e. The Labute approximate surface area is 165 Å². The topological polar surface area (TPSA) is 87.9 Å². The Bertz CT molecular complexity index is 489. The molecule has 0 bridgehead atoms. The molecule has 1 aliphatic heterocycles. The Morgan fingerprint density at radius 3 is 2.07 bits per heavy atom. The molecule has 0 aromatic rings. The van der Waals surface area contributed by atoms with E-state index in [9.17, 15) is 17.8 Å². The quantitative estimate of drug-likeness (QED) is 0.257. The maximum absolute atomic E-state index is 12.1. The third kappa shape index (κ3) is 14.1. The standard InChI is InChI=1S/C20H39NO5S/c1-2-3-4-5-6-7-8-9-11-14-20(22)26-19(18-27(23,24)25)17-21-15-12-10-13-16-21/h19H,2-18H2,1H3,(H,23,24,25). The van der Waals surface area contributed by atoms with Crippen molar-refractivity contribution in [2.75, 3.05) is 25.4 Å². The molecule has 0 spiro atoms. The molecule has 1 unspecified atom stereocenters. The number of likely N-dealkylation sites (tertiary alicyclic amines) is 1. The van der Waals surface area contributed by atoms with Crippen LogP contribution in [0.25, 0.3) is 0 Å². The first kappa shape index (κ1) is 24.4. The fourth-order valence-corrected chi connectivity index (χ4v) is 4.41. The third-order valence-electron chi connectivity index (χ3n) is 5.25. The van der Waals surface area contributed by atoms with Gasteiger partial charge >= 0.3 is 5.97 Å². The normalized spacial score (nSPS) is 17.0. The summed E-state index contributed by atoms with van der Waals surface area (Å²) in [6.45, 7) is 4.53. The fraction of sp³-hybridized carbons (Fsp3) is 0.950. The van der Waals surface area contributed by atoms with Crippen LogP contribution in [-0.4, -0.2) is 50.4 Å². The van der Waals surface area contributed by atoms with Crippen LogP contribution in [0.3, 0.4) is 0 Å². The summed E-state index contributed by atoms with van der Waals surface area (Å²) >= 11 is 0. The van der Waals surface area contributed by atoms with Crippen molar-refractivity contribution < 1.29 is 27.4 Å². The first-order valence-electron chi connectivity index (χ1n) is 10.9. The lowest BCUT2D eigenvalue weighted by molar-refractivity contribution is -0.907. The number of unbranched alkanes of at least 4 members (excludes halogenated alkanes) is 8. The van der Waals surface area contributed by atoms with Crippen molar-refractivity contribution in [1.29, 1.82) is 0 Å². The summed E-state index contributed by atoms with van der Waals surface area (Å²) < 4.78 is 38.8. The van der Waals surface area contributed by atoms with Gasteiger partial charge in [0.2, 0.25) is 0 Å². The molecule has 6 nitrogen and oxygen atoms in total. The van der Waals surface area contributed by atoms with E-state index in [4.69, 9.17) is 4.74 Å². The largest absolute Gasteiger partial charge is 0.748 e. The summed E-state index contributed by atoms with van der Waals surface area (Å²) in [6.07, 6.45) is 13.4. The van der Waals surface area contributed by atoms with Crippen LogP contribution >= 0.6 is 0 Å². The summed E-state index contributed by atoms with van der Waals surface area (Å²) in [6, 6.07) is 0. The van der Waals surface area contributed by atoms with E-state index >= 15 is 0 Å². The second-order valence-electron chi connectivity index (χ2n) is 7.93. The molecule has 160 valence electrons. The molecule has 1 fully saturated rings. The third-order valence-corrected chi connectivity index (χ3v) is 6.03. The lowest BCUT2D eigenvalue weighted by atomic mass is 10.1. The summed E-state index contributed by atoms with van der Waals surface area (Å²) in [7, 11) is -4.40. The second-order valence-corrected chi connectivity index (χ2v) is 9.38. The van der Waals surface area contributed by atoms with Crippen LogP contribution in [-0.2, 0) is 19.6 Å². The van der Waals surface area contributed by atoms with Crippen molar-refractivity contribution in [1.82, 2.24) is 0 Å². The molecule has 0 aromatic carbocycles. The number of rotatable bonds is 15. The Morgan fingerprint density at radius 1 is 0.963 bits per heavy atom. The number of carbonyl (C=O) groups is 1. The van der Waals surface area contributed by atoms with Crippen molar-refractivity contribution in [3.8, 4) is 0 Å². The zero-order valence-electron chi connectivity index (χ0n) is 17.0. The van der Waals surface area contributed by atoms with E-state index in [0.29, 0.717) is 13.0 Å². The maximum atomic E-state index is 12.1. The number of nitrogens with one attached hydrogen (secondary N) is 1. The van der Waals surface area contributed by atoms with Gasteiger partial charge in [0.1, 0.15) is 6.54 Å². The minimum atomic E-state index is -4.40. The zero-order valence-corrected chi connectivity index (χ0v) is 17.9. The maximum Gasteiger partial charge on any atom is 0.306 e. The van der Waals surface area contributed by atoms with E-state index in [1.165, 1.54) is 49.8 Å². The molecule has 0 radical (unpaired) electrons. The Morgan fingerprint density at radius 2 is 1.52 bits per heavy atom. The van der Waals surface area contributed by atoms with Gasteiger partial charge in [-0.25, -0.2) is 8.42 Å². The first-order chi connectivity index (χ1) is 12.9. The molecular formula is C20H39NO5S. The van der Waals surface area contributed by atoms with E-state index in [1.54, 1.807) is 0 Å². The van der Waals surface area contributed by atoms with Crippen LogP contribution in [0.2, 0.25) is 0 Å². The van der Waals surface area contributed by atoms with Crippen LogP contribution < -0.4 is 4.90 Å². The van der Waals surface area contributed by atoms with E-state index in [-0.39, 0.29) is 5.97 Å². The van der Waals surface area contributed by atoms with Gasteiger partial charge in [-0.05, 0) is 25.7 Å². The molecule has 27 heavy (non-hydrogen) atoms. The highest BCUT2D eigenvalue weighted by molar-refractivity contribution is 7.85. The number of hydrogen-bond donors (Lipinski definition) is 1. The van der Waals surface area contributed by atoms with Gasteiger partial charge in [0, 0.05) is 6.42 Å². The van der Waals surface area contributed by atoms with Crippen molar-refractivity contribution >= 4 is 16.1 Å². The van der Waals surface area contributed by atoms with E-state index in [1.807, 2.05) is 0 Å². The van der Waals surface area contributed by atoms with Gasteiger partial charge in [-0.15, -0.1) is 0 Å². The van der Waals surface area contributed by atoms with Gasteiger partial charge < -0.3 is 14.2 Å². The Kier molecular flexibility index (Phi) is 13.0. The monoisotopic (exact) mass is 405 g/mol. The smallest absolute Gasteiger partial charge is 0.306 e. The second kappa shape index (κ2) is 14.4. The highest BCUT2D eigenvalue weighted by Crippen LogP contribution is 2.11. The molecular weight excluding hydrogens is 366 g/mol. The van der Waals surface area contributed by atoms with Gasteiger partial charge in [-0.2, -0.15) is 0 Å². The van der Waals surface area contributed by atoms with Gasteiger partial charge in [0.25, 0.3) is 0 Å². The van der Waals surface area contributed by atoms with Crippen LogP contribution in [0.15, 0.2) is 0 Å². The Balaban J connectivity index is 2.21. The summed E-state index contributed by atoms with van der Waals surface area (Å²) in [5.41, 5.74) is 0. The summed E-state index contributed by atoms with van der Waals surface area (Å²) in [4.78, 5) is 13.3. The average molecular weight is 406 g/mol.